The molecule has 1 saturated carbocycles. The SMILES string of the molecule is CN(c1ccc(NC(=O)NC[C@@H](O)c2ccc(F)cc2)cc1F)C1CCCCC1. The highest BCUT2D eigenvalue weighted by Gasteiger charge is 2.20. The van der Waals surface area contributed by atoms with Gasteiger partial charge in [-0.2, -0.15) is 0 Å². The molecule has 0 heterocycles. The standard InChI is InChI=1S/C22H27F2N3O2/c1-27(18-5-3-2-4-6-18)20-12-11-17(13-19(20)24)26-22(29)25-14-21(28)15-7-9-16(23)10-8-15/h7-13,18,21,28H,2-6,14H2,1H3,(H2,25,26,29)/t21-/m1/s1. The lowest BCUT2D eigenvalue weighted by Gasteiger charge is -2.33. The van der Waals surface area contributed by atoms with Gasteiger partial charge in [-0.05, 0) is 48.7 Å². The number of benzene rings is 2. The Morgan fingerprint density at radius 2 is 1.83 bits per heavy atom. The minimum absolute atomic E-state index is 0.0531. The number of halogens is 2. The Kier molecular flexibility index (Phi) is 7.04. The minimum atomic E-state index is -0.968. The van der Waals surface area contributed by atoms with Gasteiger partial charge in [0.2, 0.25) is 0 Å². The second kappa shape index (κ2) is 9.69. The number of urea groups is 1. The maximum absolute atomic E-state index is 14.6. The normalized spacial score (nSPS) is 15.6. The van der Waals surface area contributed by atoms with Gasteiger partial charge in [-0.15, -0.1) is 0 Å². The van der Waals surface area contributed by atoms with Crippen LogP contribution in [0.1, 0.15) is 43.8 Å². The highest BCUT2D eigenvalue weighted by molar-refractivity contribution is 5.89. The number of nitrogens with zero attached hydrogens (tertiary/aromatic N) is 1. The number of nitrogens with one attached hydrogen (secondary N) is 2. The number of aliphatic hydroxyl groups excluding tert-OH is 1. The molecule has 3 N–H and O–H groups in total. The molecule has 7 heteroatoms. The number of carbonyl (C=O) groups excluding carboxylic acids is 1. The molecule has 0 radical (unpaired) electrons. The first-order valence-corrected chi connectivity index (χ1v) is 9.95. The summed E-state index contributed by atoms with van der Waals surface area (Å²) in [5.74, 6) is -0.784. The molecule has 0 bridgehead atoms. The topological polar surface area (TPSA) is 64.6 Å². The third-order valence-corrected chi connectivity index (χ3v) is 5.42. The Bertz CT molecular complexity index is 823. The summed E-state index contributed by atoms with van der Waals surface area (Å²) in [7, 11) is 1.91. The molecule has 29 heavy (non-hydrogen) atoms. The fraction of sp³-hybridized carbons (Fsp3) is 0.409. The van der Waals surface area contributed by atoms with E-state index in [9.17, 15) is 18.7 Å². The number of anilines is 2. The first-order valence-electron chi connectivity index (χ1n) is 9.95. The molecule has 1 fully saturated rings. The molecule has 156 valence electrons. The zero-order valence-corrected chi connectivity index (χ0v) is 16.5. The highest BCUT2D eigenvalue weighted by Crippen LogP contribution is 2.29. The van der Waals surface area contributed by atoms with Crippen LogP contribution in [0.5, 0.6) is 0 Å². The van der Waals surface area contributed by atoms with Gasteiger partial charge in [0.05, 0.1) is 11.8 Å². The third kappa shape index (κ3) is 5.67. The molecule has 0 aliphatic heterocycles. The van der Waals surface area contributed by atoms with Gasteiger partial charge in [0.15, 0.2) is 0 Å². The number of rotatable bonds is 6. The average molecular weight is 403 g/mol. The first-order chi connectivity index (χ1) is 13.9. The van der Waals surface area contributed by atoms with Crippen LogP contribution in [0, 0.1) is 11.6 Å². The van der Waals surface area contributed by atoms with Crippen molar-refractivity contribution in [3.63, 3.8) is 0 Å². The van der Waals surface area contributed by atoms with Gasteiger partial charge in [0.1, 0.15) is 11.6 Å². The lowest BCUT2D eigenvalue weighted by atomic mass is 9.94. The molecule has 5 nitrogen and oxygen atoms in total. The van der Waals surface area contributed by atoms with Gasteiger partial charge in [0, 0.05) is 25.3 Å². The van der Waals surface area contributed by atoms with E-state index in [0.29, 0.717) is 23.0 Å². The van der Waals surface area contributed by atoms with Crippen LogP contribution < -0.4 is 15.5 Å². The summed E-state index contributed by atoms with van der Waals surface area (Å²) in [6.07, 6.45) is 4.73. The Balaban J connectivity index is 1.53. The summed E-state index contributed by atoms with van der Waals surface area (Å²) in [5, 5.41) is 15.2. The van der Waals surface area contributed by atoms with Gasteiger partial charge in [0.25, 0.3) is 0 Å². The van der Waals surface area contributed by atoms with E-state index in [1.165, 1.54) is 49.6 Å². The predicted molar refractivity (Wildman–Crippen MR) is 110 cm³/mol. The van der Waals surface area contributed by atoms with Gasteiger partial charge >= 0.3 is 6.03 Å². The van der Waals surface area contributed by atoms with Crippen LogP contribution in [-0.4, -0.2) is 30.8 Å². The lowest BCUT2D eigenvalue weighted by molar-refractivity contribution is 0.175. The summed E-state index contributed by atoms with van der Waals surface area (Å²) < 4.78 is 27.5. The van der Waals surface area contributed by atoms with Crippen LogP contribution in [0.15, 0.2) is 42.5 Å². The van der Waals surface area contributed by atoms with Crippen molar-refractivity contribution in [2.75, 3.05) is 23.8 Å². The van der Waals surface area contributed by atoms with Crippen LogP contribution in [0.2, 0.25) is 0 Å². The zero-order valence-electron chi connectivity index (χ0n) is 16.5. The molecule has 0 spiro atoms. The maximum atomic E-state index is 14.6. The Morgan fingerprint density at radius 3 is 2.48 bits per heavy atom. The molecule has 0 aromatic heterocycles. The van der Waals surface area contributed by atoms with Gasteiger partial charge in [-0.1, -0.05) is 31.4 Å². The summed E-state index contributed by atoms with van der Waals surface area (Å²) in [4.78, 5) is 14.0. The van der Waals surface area contributed by atoms with Crippen LogP contribution in [0.3, 0.4) is 0 Å². The van der Waals surface area contributed by atoms with Crippen LogP contribution in [0.25, 0.3) is 0 Å². The minimum Gasteiger partial charge on any atom is -0.387 e. The summed E-state index contributed by atoms with van der Waals surface area (Å²) in [6, 6.07) is 9.81. The second-order valence-electron chi connectivity index (χ2n) is 7.47. The maximum Gasteiger partial charge on any atom is 0.319 e. The molecule has 1 aliphatic rings. The van der Waals surface area contributed by atoms with Crippen LogP contribution >= 0.6 is 0 Å². The number of aliphatic hydroxyl groups is 1. The molecule has 2 aromatic carbocycles. The van der Waals surface area contributed by atoms with Gasteiger partial charge in [-0.25, -0.2) is 13.6 Å². The number of hydrogen-bond acceptors (Lipinski definition) is 3. The summed E-state index contributed by atoms with van der Waals surface area (Å²) >= 11 is 0. The van der Waals surface area contributed by atoms with E-state index in [2.05, 4.69) is 10.6 Å². The van der Waals surface area contributed by atoms with E-state index in [0.717, 1.165) is 12.8 Å². The first kappa shape index (κ1) is 21.0. The van der Waals surface area contributed by atoms with Crippen LogP contribution in [-0.2, 0) is 0 Å². The van der Waals surface area contributed by atoms with E-state index in [1.54, 1.807) is 12.1 Å². The van der Waals surface area contributed by atoms with E-state index in [4.69, 9.17) is 0 Å². The lowest BCUT2D eigenvalue weighted by Crippen LogP contribution is -2.34. The van der Waals surface area contributed by atoms with Gasteiger partial charge in [-0.3, -0.25) is 0 Å². The van der Waals surface area contributed by atoms with Gasteiger partial charge < -0.3 is 20.6 Å². The van der Waals surface area contributed by atoms with E-state index >= 15 is 0 Å². The van der Waals surface area contributed by atoms with Crippen molar-refractivity contribution in [1.29, 1.82) is 0 Å². The van der Waals surface area contributed by atoms with Crippen molar-refractivity contribution in [3.8, 4) is 0 Å². The predicted octanol–water partition coefficient (Wildman–Crippen LogP) is 4.59. The van der Waals surface area contributed by atoms with Crippen molar-refractivity contribution in [2.45, 2.75) is 44.2 Å². The largest absolute Gasteiger partial charge is 0.387 e. The molecule has 1 atom stereocenters. The van der Waals surface area contributed by atoms with Crippen molar-refractivity contribution in [1.82, 2.24) is 5.32 Å². The molecule has 0 unspecified atom stereocenters. The molecule has 2 amide bonds. The van der Waals surface area contributed by atoms with E-state index in [-0.39, 0.29) is 12.4 Å². The van der Waals surface area contributed by atoms with Crippen molar-refractivity contribution in [2.24, 2.45) is 0 Å². The quantitative estimate of drug-likeness (QED) is 0.661. The monoisotopic (exact) mass is 403 g/mol. The summed E-state index contributed by atoms with van der Waals surface area (Å²) in [6.45, 7) is -0.0531. The molecule has 2 aromatic rings. The smallest absolute Gasteiger partial charge is 0.319 e. The van der Waals surface area contributed by atoms with Crippen molar-refractivity contribution >= 4 is 17.4 Å². The molecule has 0 saturated heterocycles. The summed E-state index contributed by atoms with van der Waals surface area (Å²) in [5.41, 5.74) is 1.35. The average Bonchev–Trinajstić information content (AvgIpc) is 2.73. The number of carbonyl (C=O) groups is 1. The fourth-order valence-corrected chi connectivity index (χ4v) is 3.70. The highest BCUT2D eigenvalue weighted by atomic mass is 19.1. The number of hydrogen-bond donors (Lipinski definition) is 3. The van der Waals surface area contributed by atoms with Crippen molar-refractivity contribution in [3.05, 3.63) is 59.7 Å². The third-order valence-electron chi connectivity index (χ3n) is 5.42. The molecular weight excluding hydrogens is 376 g/mol. The fourth-order valence-electron chi connectivity index (χ4n) is 3.70. The Hall–Kier alpha value is -2.67. The second-order valence-corrected chi connectivity index (χ2v) is 7.47. The molecule has 3 rings (SSSR count). The zero-order chi connectivity index (χ0) is 20.8. The Morgan fingerprint density at radius 1 is 1.14 bits per heavy atom. The molecular formula is C22H27F2N3O2. The van der Waals surface area contributed by atoms with Crippen molar-refractivity contribution < 1.29 is 18.7 Å². The van der Waals surface area contributed by atoms with E-state index < -0.39 is 18.0 Å². The number of amides is 2. The Labute approximate surface area is 169 Å². The molecule has 1 aliphatic carbocycles. The van der Waals surface area contributed by atoms with E-state index in [1.807, 2.05) is 11.9 Å². The van der Waals surface area contributed by atoms with Crippen LogP contribution in [0.4, 0.5) is 25.0 Å².